The van der Waals surface area contributed by atoms with E-state index in [9.17, 15) is 13.6 Å². The molecule has 0 radical (unpaired) electrons. The van der Waals surface area contributed by atoms with Gasteiger partial charge in [-0.25, -0.2) is 4.79 Å². The van der Waals surface area contributed by atoms with Crippen LogP contribution in [0.1, 0.15) is 6.42 Å². The Hall–Kier alpha value is -0.710. The van der Waals surface area contributed by atoms with Gasteiger partial charge in [-0.15, -0.1) is 0 Å². The minimum absolute atomic E-state index is 0.364. The SMILES string of the molecule is O=C(OC1CCNC1)C(F)F. The van der Waals surface area contributed by atoms with Gasteiger partial charge in [0.1, 0.15) is 6.10 Å². The number of hydrogen-bond acceptors (Lipinski definition) is 3. The van der Waals surface area contributed by atoms with E-state index in [0.29, 0.717) is 13.0 Å². The highest BCUT2D eigenvalue weighted by Gasteiger charge is 2.24. The number of carbonyl (C=O) groups is 1. The Bertz CT molecular complexity index is 146. The lowest BCUT2D eigenvalue weighted by atomic mass is 10.3. The Labute approximate surface area is 62.7 Å². The molecule has 1 rings (SSSR count). The maximum absolute atomic E-state index is 11.6. The molecular weight excluding hydrogens is 156 g/mol. The van der Waals surface area contributed by atoms with Crippen LogP contribution in [-0.2, 0) is 9.53 Å². The van der Waals surface area contributed by atoms with Gasteiger partial charge in [0.25, 0.3) is 0 Å². The highest BCUT2D eigenvalue weighted by molar-refractivity contribution is 5.72. The molecule has 1 atom stereocenters. The van der Waals surface area contributed by atoms with Gasteiger partial charge in [0, 0.05) is 6.54 Å². The Morgan fingerprint density at radius 2 is 2.36 bits per heavy atom. The van der Waals surface area contributed by atoms with E-state index in [0.717, 1.165) is 6.54 Å². The molecule has 1 aliphatic rings. The van der Waals surface area contributed by atoms with Crippen molar-refractivity contribution >= 4 is 5.97 Å². The maximum Gasteiger partial charge on any atom is 0.374 e. The zero-order valence-corrected chi connectivity index (χ0v) is 5.85. The predicted molar refractivity (Wildman–Crippen MR) is 33.4 cm³/mol. The third-order valence-corrected chi connectivity index (χ3v) is 1.48. The van der Waals surface area contributed by atoms with Crippen LogP contribution in [0.4, 0.5) is 8.78 Å². The van der Waals surface area contributed by atoms with E-state index in [2.05, 4.69) is 10.1 Å². The topological polar surface area (TPSA) is 38.3 Å². The first-order valence-corrected chi connectivity index (χ1v) is 3.39. The number of rotatable bonds is 2. The van der Waals surface area contributed by atoms with E-state index in [-0.39, 0.29) is 6.10 Å². The summed E-state index contributed by atoms with van der Waals surface area (Å²) >= 11 is 0. The molecule has 0 aromatic carbocycles. The molecule has 0 aromatic heterocycles. The maximum atomic E-state index is 11.6. The summed E-state index contributed by atoms with van der Waals surface area (Å²) in [5.74, 6) is -1.42. The summed E-state index contributed by atoms with van der Waals surface area (Å²) in [6.07, 6.45) is -2.74. The molecular formula is C6H9F2NO2. The van der Waals surface area contributed by atoms with Gasteiger partial charge in [0.05, 0.1) is 0 Å². The standard InChI is InChI=1S/C6H9F2NO2/c7-5(8)6(10)11-4-1-2-9-3-4/h4-5,9H,1-3H2. The number of alkyl halides is 2. The normalized spacial score (nSPS) is 24.1. The first-order chi connectivity index (χ1) is 5.20. The average molecular weight is 165 g/mol. The summed E-state index contributed by atoms with van der Waals surface area (Å²) < 4.78 is 27.6. The zero-order chi connectivity index (χ0) is 8.27. The molecule has 1 unspecified atom stereocenters. The minimum atomic E-state index is -3.00. The van der Waals surface area contributed by atoms with Crippen LogP contribution in [0.2, 0.25) is 0 Å². The minimum Gasteiger partial charge on any atom is -0.457 e. The van der Waals surface area contributed by atoms with Gasteiger partial charge in [0.15, 0.2) is 0 Å². The van der Waals surface area contributed by atoms with Crippen molar-refractivity contribution in [1.29, 1.82) is 0 Å². The fourth-order valence-electron chi connectivity index (χ4n) is 0.944. The summed E-state index contributed by atoms with van der Waals surface area (Å²) in [4.78, 5) is 10.3. The van der Waals surface area contributed by atoms with Crippen molar-refractivity contribution in [2.45, 2.75) is 19.0 Å². The molecule has 1 aliphatic heterocycles. The molecule has 11 heavy (non-hydrogen) atoms. The molecule has 1 heterocycles. The van der Waals surface area contributed by atoms with Crippen LogP contribution in [0.3, 0.4) is 0 Å². The summed E-state index contributed by atoms with van der Waals surface area (Å²) in [5.41, 5.74) is 0. The monoisotopic (exact) mass is 165 g/mol. The van der Waals surface area contributed by atoms with Crippen LogP contribution in [-0.4, -0.2) is 31.6 Å². The third-order valence-electron chi connectivity index (χ3n) is 1.48. The van der Waals surface area contributed by atoms with Gasteiger partial charge in [-0.2, -0.15) is 8.78 Å². The molecule has 0 amide bonds. The van der Waals surface area contributed by atoms with Crippen molar-refractivity contribution in [2.24, 2.45) is 0 Å². The van der Waals surface area contributed by atoms with Crippen LogP contribution >= 0.6 is 0 Å². The largest absolute Gasteiger partial charge is 0.457 e. The Balaban J connectivity index is 2.24. The molecule has 0 aromatic rings. The van der Waals surface area contributed by atoms with Crippen LogP contribution < -0.4 is 5.32 Å². The molecule has 0 bridgehead atoms. The first-order valence-electron chi connectivity index (χ1n) is 3.39. The Morgan fingerprint density at radius 1 is 1.64 bits per heavy atom. The van der Waals surface area contributed by atoms with Crippen molar-refractivity contribution in [1.82, 2.24) is 5.32 Å². The summed E-state index contributed by atoms with van der Waals surface area (Å²) in [7, 11) is 0. The number of nitrogens with one attached hydrogen (secondary N) is 1. The van der Waals surface area contributed by atoms with E-state index in [4.69, 9.17) is 0 Å². The van der Waals surface area contributed by atoms with Crippen molar-refractivity contribution in [2.75, 3.05) is 13.1 Å². The summed E-state index contributed by atoms with van der Waals surface area (Å²) in [6, 6.07) is 0. The second kappa shape index (κ2) is 3.61. The Kier molecular flexibility index (Phi) is 2.76. The lowest BCUT2D eigenvalue weighted by Crippen LogP contribution is -2.24. The van der Waals surface area contributed by atoms with Crippen LogP contribution in [0.25, 0.3) is 0 Å². The summed E-state index contributed by atoms with van der Waals surface area (Å²) in [6.45, 7) is 1.21. The lowest BCUT2D eigenvalue weighted by molar-refractivity contribution is -0.161. The van der Waals surface area contributed by atoms with Crippen LogP contribution in [0.15, 0.2) is 0 Å². The van der Waals surface area contributed by atoms with Gasteiger partial charge in [-0.3, -0.25) is 0 Å². The number of esters is 1. The van der Waals surface area contributed by atoms with Gasteiger partial charge < -0.3 is 10.1 Å². The van der Waals surface area contributed by atoms with E-state index >= 15 is 0 Å². The quantitative estimate of drug-likeness (QED) is 0.592. The molecule has 3 nitrogen and oxygen atoms in total. The molecule has 1 N–H and O–H groups in total. The van der Waals surface area contributed by atoms with Crippen molar-refractivity contribution in [3.8, 4) is 0 Å². The molecule has 0 aliphatic carbocycles. The molecule has 5 heteroatoms. The smallest absolute Gasteiger partial charge is 0.374 e. The number of carbonyl (C=O) groups excluding carboxylic acids is 1. The van der Waals surface area contributed by atoms with Crippen molar-refractivity contribution < 1.29 is 18.3 Å². The second-order valence-electron chi connectivity index (χ2n) is 2.35. The van der Waals surface area contributed by atoms with Gasteiger partial charge in [-0.05, 0) is 13.0 Å². The van der Waals surface area contributed by atoms with Gasteiger partial charge in [-0.1, -0.05) is 0 Å². The van der Waals surface area contributed by atoms with E-state index in [1.807, 2.05) is 0 Å². The van der Waals surface area contributed by atoms with Crippen molar-refractivity contribution in [3.63, 3.8) is 0 Å². The highest BCUT2D eigenvalue weighted by Crippen LogP contribution is 2.06. The molecule has 64 valence electrons. The Morgan fingerprint density at radius 3 is 2.82 bits per heavy atom. The van der Waals surface area contributed by atoms with Crippen LogP contribution in [0.5, 0.6) is 0 Å². The molecule has 0 saturated carbocycles. The molecule has 0 spiro atoms. The molecule has 1 saturated heterocycles. The predicted octanol–water partition coefficient (Wildman–Crippen LogP) is 0.157. The first kappa shape index (κ1) is 8.39. The molecule has 1 fully saturated rings. The van der Waals surface area contributed by atoms with E-state index < -0.39 is 12.4 Å². The van der Waals surface area contributed by atoms with E-state index in [1.165, 1.54) is 0 Å². The number of halogens is 2. The summed E-state index contributed by atoms with van der Waals surface area (Å²) in [5, 5.41) is 2.89. The average Bonchev–Trinajstić information content (AvgIpc) is 2.39. The van der Waals surface area contributed by atoms with Crippen LogP contribution in [0, 0.1) is 0 Å². The lowest BCUT2D eigenvalue weighted by Gasteiger charge is -2.09. The number of ether oxygens (including phenoxy) is 1. The zero-order valence-electron chi connectivity index (χ0n) is 5.85. The fraction of sp³-hybridized carbons (Fsp3) is 0.833. The van der Waals surface area contributed by atoms with Crippen molar-refractivity contribution in [3.05, 3.63) is 0 Å². The van der Waals surface area contributed by atoms with E-state index in [1.54, 1.807) is 0 Å². The highest BCUT2D eigenvalue weighted by atomic mass is 19.3. The number of hydrogen-bond donors (Lipinski definition) is 1. The fourth-order valence-corrected chi connectivity index (χ4v) is 0.944. The van der Waals surface area contributed by atoms with Gasteiger partial charge >= 0.3 is 12.4 Å². The second-order valence-corrected chi connectivity index (χ2v) is 2.35. The third kappa shape index (κ3) is 2.42. The van der Waals surface area contributed by atoms with Gasteiger partial charge in [0.2, 0.25) is 0 Å².